The van der Waals surface area contributed by atoms with Gasteiger partial charge in [0.15, 0.2) is 0 Å². The van der Waals surface area contributed by atoms with Crippen LogP contribution in [0.4, 0.5) is 0 Å². The zero-order chi connectivity index (χ0) is 28.6. The van der Waals surface area contributed by atoms with Crippen molar-refractivity contribution in [2.45, 2.75) is 158 Å². The van der Waals surface area contributed by atoms with Gasteiger partial charge < -0.3 is 9.47 Å². The van der Waals surface area contributed by atoms with Crippen LogP contribution in [0.25, 0.3) is 0 Å². The number of hydrogen-bond donors (Lipinski definition) is 0. The van der Waals surface area contributed by atoms with Crippen LogP contribution in [0.5, 0.6) is 0 Å². The normalized spacial score (nSPS) is 20.1. The number of unbranched alkanes of at least 4 members (excludes halogenated alkanes) is 6. The minimum Gasteiger partial charge on any atom is -0.465 e. The monoisotopic (exact) mass is 536 g/mol. The first-order chi connectivity index (χ1) is 17.9. The maximum Gasteiger partial charge on any atom is 0.308 e. The van der Waals surface area contributed by atoms with E-state index >= 15 is 0 Å². The van der Waals surface area contributed by atoms with E-state index in [1.807, 2.05) is 0 Å². The predicted molar refractivity (Wildman–Crippen MR) is 160 cm³/mol. The number of carbonyl (C=O) groups excluding carboxylic acids is 2. The van der Waals surface area contributed by atoms with E-state index in [-0.39, 0.29) is 23.8 Å². The van der Waals surface area contributed by atoms with Crippen LogP contribution < -0.4 is 0 Å². The maximum absolute atomic E-state index is 12.5. The number of rotatable bonds is 20. The molecule has 0 saturated heterocycles. The van der Waals surface area contributed by atoms with Gasteiger partial charge in [-0.25, -0.2) is 0 Å². The summed E-state index contributed by atoms with van der Waals surface area (Å²) in [5, 5.41) is 0. The highest BCUT2D eigenvalue weighted by atomic mass is 16.5. The van der Waals surface area contributed by atoms with Gasteiger partial charge in [0.1, 0.15) is 0 Å². The lowest BCUT2D eigenvalue weighted by Gasteiger charge is -2.30. The molecule has 0 aromatic heterocycles. The summed E-state index contributed by atoms with van der Waals surface area (Å²) in [6.07, 6.45) is 17.1. The molecule has 4 heteroatoms. The molecule has 0 radical (unpaired) electrons. The van der Waals surface area contributed by atoms with Crippen molar-refractivity contribution in [3.8, 4) is 0 Å². The molecule has 2 atom stereocenters. The largest absolute Gasteiger partial charge is 0.465 e. The van der Waals surface area contributed by atoms with E-state index in [2.05, 4.69) is 55.4 Å². The third kappa shape index (κ3) is 13.3. The zero-order valence-corrected chi connectivity index (χ0v) is 26.7. The molecular formula is C34H64O4. The Balaban J connectivity index is 2.06. The van der Waals surface area contributed by atoms with Gasteiger partial charge in [0.05, 0.1) is 25.0 Å². The molecule has 0 heterocycles. The summed E-state index contributed by atoms with van der Waals surface area (Å²) < 4.78 is 11.1. The van der Waals surface area contributed by atoms with Crippen molar-refractivity contribution in [3.05, 3.63) is 0 Å². The molecule has 1 saturated carbocycles. The van der Waals surface area contributed by atoms with Gasteiger partial charge in [0.25, 0.3) is 0 Å². The van der Waals surface area contributed by atoms with E-state index in [9.17, 15) is 9.59 Å². The van der Waals surface area contributed by atoms with E-state index in [1.165, 1.54) is 51.4 Å². The highest BCUT2D eigenvalue weighted by Crippen LogP contribution is 2.35. The van der Waals surface area contributed by atoms with Gasteiger partial charge in [-0.2, -0.15) is 0 Å². The average Bonchev–Trinajstić information content (AvgIpc) is 2.91. The van der Waals surface area contributed by atoms with E-state index < -0.39 is 0 Å². The van der Waals surface area contributed by atoms with Gasteiger partial charge in [0, 0.05) is 0 Å². The Morgan fingerprint density at radius 2 is 0.921 bits per heavy atom. The number of ether oxygens (including phenoxy) is 2. The SMILES string of the molecule is CCC(C)(C)C(C)CCCCCCOC(=O)C1CCC(C(=O)OCCCCCCC(C)C(C)(C)CC)CC1. The first-order valence-electron chi connectivity index (χ1n) is 16.3. The second-order valence-electron chi connectivity index (χ2n) is 13.8. The van der Waals surface area contributed by atoms with Crippen molar-refractivity contribution in [1.29, 1.82) is 0 Å². The van der Waals surface area contributed by atoms with E-state index in [0.29, 0.717) is 24.0 Å². The van der Waals surface area contributed by atoms with E-state index in [1.54, 1.807) is 0 Å². The molecule has 1 fully saturated rings. The molecule has 38 heavy (non-hydrogen) atoms. The van der Waals surface area contributed by atoms with Gasteiger partial charge in [-0.3, -0.25) is 9.59 Å². The lowest BCUT2D eigenvalue weighted by Crippen LogP contribution is -2.28. The molecule has 0 aromatic carbocycles. The van der Waals surface area contributed by atoms with Gasteiger partial charge in [-0.1, -0.05) is 120 Å². The molecule has 0 N–H and O–H groups in total. The van der Waals surface area contributed by atoms with E-state index in [0.717, 1.165) is 63.2 Å². The minimum atomic E-state index is -0.0632. The van der Waals surface area contributed by atoms with Crippen molar-refractivity contribution in [2.75, 3.05) is 13.2 Å². The summed E-state index contributed by atoms with van der Waals surface area (Å²) in [6, 6.07) is 0. The van der Waals surface area contributed by atoms with Crippen molar-refractivity contribution in [1.82, 2.24) is 0 Å². The van der Waals surface area contributed by atoms with Crippen LogP contribution in [0.1, 0.15) is 158 Å². The summed E-state index contributed by atoms with van der Waals surface area (Å²) in [4.78, 5) is 24.9. The first kappa shape index (κ1) is 35.0. The Morgan fingerprint density at radius 1 is 0.605 bits per heavy atom. The van der Waals surface area contributed by atoms with Crippen molar-refractivity contribution in [2.24, 2.45) is 34.5 Å². The standard InChI is InChI=1S/C34H64O4/c1-9-33(5,6)27(3)19-15-11-13-17-25-37-31(35)29-21-23-30(24-22-29)32(36)38-26-18-14-12-16-20-28(4)34(7,8)10-2/h27-30H,9-26H2,1-8H3. The fraction of sp³-hybridized carbons (Fsp3) is 0.941. The molecule has 0 aromatic rings. The van der Waals surface area contributed by atoms with E-state index in [4.69, 9.17) is 9.47 Å². The predicted octanol–water partition coefficient (Wildman–Crippen LogP) is 9.92. The lowest BCUT2D eigenvalue weighted by atomic mass is 9.75. The summed E-state index contributed by atoms with van der Waals surface area (Å²) in [5.41, 5.74) is 0.852. The number of hydrogen-bond acceptors (Lipinski definition) is 4. The Labute approximate surface area is 236 Å². The molecule has 0 amide bonds. The highest BCUT2D eigenvalue weighted by Gasteiger charge is 2.31. The van der Waals surface area contributed by atoms with Crippen molar-refractivity contribution >= 4 is 11.9 Å². The van der Waals surface area contributed by atoms with Crippen LogP contribution in [0.2, 0.25) is 0 Å². The third-order valence-electron chi connectivity index (χ3n) is 10.4. The summed E-state index contributed by atoms with van der Waals surface area (Å²) in [7, 11) is 0. The molecule has 0 spiro atoms. The second kappa shape index (κ2) is 18.3. The van der Waals surface area contributed by atoms with Crippen LogP contribution in [-0.4, -0.2) is 25.2 Å². The molecule has 1 rings (SSSR count). The van der Waals surface area contributed by atoms with Gasteiger partial charge in [-0.05, 0) is 61.2 Å². The second-order valence-corrected chi connectivity index (χ2v) is 13.8. The number of esters is 2. The molecule has 4 nitrogen and oxygen atoms in total. The van der Waals surface area contributed by atoms with Crippen molar-refractivity contribution < 1.29 is 19.1 Å². The van der Waals surface area contributed by atoms with Gasteiger partial charge in [-0.15, -0.1) is 0 Å². The quantitative estimate of drug-likeness (QED) is 0.115. The smallest absolute Gasteiger partial charge is 0.308 e. The molecule has 1 aliphatic rings. The average molecular weight is 537 g/mol. The first-order valence-corrected chi connectivity index (χ1v) is 16.3. The van der Waals surface area contributed by atoms with Crippen LogP contribution in [0.15, 0.2) is 0 Å². The summed E-state index contributed by atoms with van der Waals surface area (Å²) in [6.45, 7) is 19.8. The molecule has 2 unspecified atom stereocenters. The fourth-order valence-corrected chi connectivity index (χ4v) is 5.44. The van der Waals surface area contributed by atoms with Crippen LogP contribution in [0.3, 0.4) is 0 Å². The fourth-order valence-electron chi connectivity index (χ4n) is 5.44. The number of carbonyl (C=O) groups is 2. The minimum absolute atomic E-state index is 0.0451. The molecule has 224 valence electrons. The highest BCUT2D eigenvalue weighted by molar-refractivity contribution is 5.75. The zero-order valence-electron chi connectivity index (χ0n) is 26.7. The summed E-state index contributed by atoms with van der Waals surface area (Å²) >= 11 is 0. The Morgan fingerprint density at radius 3 is 1.24 bits per heavy atom. The van der Waals surface area contributed by atoms with Crippen LogP contribution in [-0.2, 0) is 19.1 Å². The Bertz CT molecular complexity index is 589. The molecular weight excluding hydrogens is 472 g/mol. The van der Waals surface area contributed by atoms with Gasteiger partial charge in [0.2, 0.25) is 0 Å². The third-order valence-corrected chi connectivity index (χ3v) is 10.4. The topological polar surface area (TPSA) is 52.6 Å². The Kier molecular flexibility index (Phi) is 16.9. The molecule has 0 aliphatic heterocycles. The van der Waals surface area contributed by atoms with Gasteiger partial charge >= 0.3 is 11.9 Å². The molecule has 1 aliphatic carbocycles. The van der Waals surface area contributed by atoms with Crippen molar-refractivity contribution in [3.63, 3.8) is 0 Å². The lowest BCUT2D eigenvalue weighted by molar-refractivity contribution is -0.155. The van der Waals surface area contributed by atoms with Crippen LogP contribution in [0, 0.1) is 34.5 Å². The Hall–Kier alpha value is -1.06. The molecule has 0 bridgehead atoms. The van der Waals surface area contributed by atoms with Crippen LogP contribution >= 0.6 is 0 Å². The summed E-state index contributed by atoms with van der Waals surface area (Å²) in [5.74, 6) is 1.28. The maximum atomic E-state index is 12.5.